The third-order valence-corrected chi connectivity index (χ3v) is 4.49. The van der Waals surface area contributed by atoms with Crippen molar-refractivity contribution in [3.8, 4) is 0 Å². The summed E-state index contributed by atoms with van der Waals surface area (Å²) in [6.07, 6.45) is 1.57. The normalized spacial score (nSPS) is 23.1. The van der Waals surface area contributed by atoms with Crippen molar-refractivity contribution in [3.05, 3.63) is 0 Å². The molecule has 0 spiro atoms. The minimum atomic E-state index is -0.226. The molecule has 0 unspecified atom stereocenters. The van der Waals surface area contributed by atoms with Gasteiger partial charge >= 0.3 is 5.97 Å². The molecule has 0 saturated carbocycles. The number of likely N-dealkylation sites (tertiary alicyclic amines) is 1. The lowest BCUT2D eigenvalue weighted by Crippen LogP contribution is -2.47. The van der Waals surface area contributed by atoms with Gasteiger partial charge in [0.2, 0.25) is 11.8 Å². The molecule has 1 atom stereocenters. The van der Waals surface area contributed by atoms with Gasteiger partial charge in [0.25, 0.3) is 0 Å². The molecule has 2 aliphatic rings. The summed E-state index contributed by atoms with van der Waals surface area (Å²) in [4.78, 5) is 38.7. The third kappa shape index (κ3) is 3.65. The van der Waals surface area contributed by atoms with Crippen LogP contribution in [0.3, 0.4) is 0 Å². The van der Waals surface area contributed by atoms with Gasteiger partial charge in [-0.2, -0.15) is 0 Å². The summed E-state index contributed by atoms with van der Waals surface area (Å²) in [6, 6.07) is 0. The van der Waals surface area contributed by atoms with E-state index in [1.165, 1.54) is 11.8 Å². The molecule has 2 aliphatic heterocycles. The molecule has 0 N–H and O–H groups in total. The van der Waals surface area contributed by atoms with E-state index >= 15 is 0 Å². The third-order valence-electron chi connectivity index (χ3n) is 3.55. The molecule has 6 nitrogen and oxygen atoms in total. The van der Waals surface area contributed by atoms with Gasteiger partial charge < -0.3 is 14.5 Å². The second kappa shape index (κ2) is 6.97. The highest BCUT2D eigenvalue weighted by atomic mass is 32.2. The molecule has 0 aromatic rings. The van der Waals surface area contributed by atoms with Gasteiger partial charge in [0.05, 0.1) is 24.2 Å². The Labute approximate surface area is 122 Å². The van der Waals surface area contributed by atoms with Crippen molar-refractivity contribution in [3.63, 3.8) is 0 Å². The van der Waals surface area contributed by atoms with Crippen LogP contribution >= 0.6 is 11.8 Å². The highest BCUT2D eigenvalue weighted by Gasteiger charge is 2.31. The first-order valence-corrected chi connectivity index (χ1v) is 8.07. The van der Waals surface area contributed by atoms with Gasteiger partial charge in [-0.25, -0.2) is 0 Å². The average molecular weight is 300 g/mol. The van der Waals surface area contributed by atoms with E-state index in [2.05, 4.69) is 0 Å². The fourth-order valence-electron chi connectivity index (χ4n) is 2.46. The number of hydrogen-bond acceptors (Lipinski definition) is 5. The highest BCUT2D eigenvalue weighted by Crippen LogP contribution is 2.19. The van der Waals surface area contributed by atoms with Crippen LogP contribution in [-0.4, -0.2) is 65.5 Å². The van der Waals surface area contributed by atoms with Crippen molar-refractivity contribution in [2.75, 3.05) is 37.9 Å². The summed E-state index contributed by atoms with van der Waals surface area (Å²) < 4.78 is 5.02. The van der Waals surface area contributed by atoms with Crippen LogP contribution < -0.4 is 0 Å². The Balaban J connectivity index is 1.86. The first kappa shape index (κ1) is 15.2. The molecule has 0 radical (unpaired) electrons. The summed E-state index contributed by atoms with van der Waals surface area (Å²) in [5.41, 5.74) is 0. The Hall–Kier alpha value is -1.24. The number of thioether (sulfide) groups is 1. The van der Waals surface area contributed by atoms with Crippen molar-refractivity contribution < 1.29 is 19.1 Å². The Morgan fingerprint density at radius 1 is 1.45 bits per heavy atom. The van der Waals surface area contributed by atoms with E-state index in [1.807, 2.05) is 0 Å². The molecule has 20 heavy (non-hydrogen) atoms. The van der Waals surface area contributed by atoms with Crippen molar-refractivity contribution in [1.29, 1.82) is 0 Å². The smallest absolute Gasteiger partial charge is 0.310 e. The molecule has 112 valence electrons. The minimum Gasteiger partial charge on any atom is -0.466 e. The molecule has 0 aliphatic carbocycles. The van der Waals surface area contributed by atoms with Crippen LogP contribution in [-0.2, 0) is 19.1 Å². The molecule has 2 rings (SSSR count). The molecular formula is C13H20N2O4S. The highest BCUT2D eigenvalue weighted by molar-refractivity contribution is 8.00. The molecule has 0 aromatic carbocycles. The number of carbonyl (C=O) groups excluding carboxylic acids is 3. The molecule has 2 amide bonds. The SMILES string of the molecule is CCOC(=O)[C@H]1CCCN(C(=O)CN2CSCC2=O)C1. The van der Waals surface area contributed by atoms with E-state index in [1.54, 1.807) is 16.7 Å². The zero-order chi connectivity index (χ0) is 14.5. The standard InChI is InChI=1S/C13H20N2O4S/c1-2-19-13(18)10-4-3-5-14(6-10)11(16)7-15-9-20-8-12(15)17/h10H,2-9H2,1H3/t10-/m0/s1. The number of amides is 2. The number of nitrogens with zero attached hydrogens (tertiary/aromatic N) is 2. The van der Waals surface area contributed by atoms with Gasteiger partial charge in [-0.1, -0.05) is 0 Å². The molecule has 2 heterocycles. The summed E-state index contributed by atoms with van der Waals surface area (Å²) >= 11 is 1.52. The summed E-state index contributed by atoms with van der Waals surface area (Å²) in [5.74, 6) is 0.532. The summed E-state index contributed by atoms with van der Waals surface area (Å²) in [5, 5.41) is 0. The number of rotatable bonds is 4. The fraction of sp³-hybridized carbons (Fsp3) is 0.769. The van der Waals surface area contributed by atoms with Gasteiger partial charge in [-0.15, -0.1) is 11.8 Å². The van der Waals surface area contributed by atoms with Crippen molar-refractivity contribution in [2.24, 2.45) is 5.92 Å². The van der Waals surface area contributed by atoms with E-state index in [9.17, 15) is 14.4 Å². The second-order valence-corrected chi connectivity index (χ2v) is 5.96. The minimum absolute atomic E-state index is 0.0160. The number of hydrogen-bond donors (Lipinski definition) is 0. The maximum absolute atomic E-state index is 12.2. The largest absolute Gasteiger partial charge is 0.466 e. The van der Waals surface area contributed by atoms with Gasteiger partial charge in [-0.3, -0.25) is 14.4 Å². The zero-order valence-electron chi connectivity index (χ0n) is 11.7. The number of carbonyl (C=O) groups is 3. The first-order valence-electron chi connectivity index (χ1n) is 6.91. The van der Waals surface area contributed by atoms with E-state index < -0.39 is 0 Å². The summed E-state index contributed by atoms with van der Waals surface area (Å²) in [6.45, 7) is 3.33. The van der Waals surface area contributed by atoms with Crippen LogP contribution in [0.15, 0.2) is 0 Å². The molecule has 0 bridgehead atoms. The Morgan fingerprint density at radius 2 is 2.25 bits per heavy atom. The van der Waals surface area contributed by atoms with E-state index in [0.29, 0.717) is 31.3 Å². The van der Waals surface area contributed by atoms with Crippen LogP contribution in [0.4, 0.5) is 0 Å². The number of piperidine rings is 1. The van der Waals surface area contributed by atoms with E-state index in [0.717, 1.165) is 12.8 Å². The van der Waals surface area contributed by atoms with Gasteiger partial charge in [-0.05, 0) is 19.8 Å². The van der Waals surface area contributed by atoms with Crippen LogP contribution in [0.2, 0.25) is 0 Å². The average Bonchev–Trinajstić information content (AvgIpc) is 2.85. The molecule has 7 heteroatoms. The van der Waals surface area contributed by atoms with Gasteiger partial charge in [0.15, 0.2) is 0 Å². The van der Waals surface area contributed by atoms with Crippen LogP contribution in [0, 0.1) is 5.92 Å². The summed E-state index contributed by atoms with van der Waals surface area (Å²) in [7, 11) is 0. The number of esters is 1. The number of ether oxygens (including phenoxy) is 1. The van der Waals surface area contributed by atoms with Gasteiger partial charge in [0, 0.05) is 13.1 Å². The predicted molar refractivity (Wildman–Crippen MR) is 75.0 cm³/mol. The van der Waals surface area contributed by atoms with Crippen molar-refractivity contribution in [1.82, 2.24) is 9.80 Å². The molecule has 2 fully saturated rings. The van der Waals surface area contributed by atoms with Crippen molar-refractivity contribution in [2.45, 2.75) is 19.8 Å². The Kier molecular flexibility index (Phi) is 5.28. The molecule has 2 saturated heterocycles. The van der Waals surface area contributed by atoms with Crippen LogP contribution in [0.1, 0.15) is 19.8 Å². The lowest BCUT2D eigenvalue weighted by atomic mass is 9.98. The molecule has 0 aromatic heterocycles. The first-order chi connectivity index (χ1) is 9.61. The van der Waals surface area contributed by atoms with E-state index in [4.69, 9.17) is 4.74 Å². The maximum Gasteiger partial charge on any atom is 0.310 e. The zero-order valence-corrected chi connectivity index (χ0v) is 12.5. The Bertz CT molecular complexity index is 402. The van der Waals surface area contributed by atoms with Crippen molar-refractivity contribution >= 4 is 29.5 Å². The topological polar surface area (TPSA) is 66.9 Å². The van der Waals surface area contributed by atoms with Crippen LogP contribution in [0.5, 0.6) is 0 Å². The quantitative estimate of drug-likeness (QED) is 0.700. The lowest BCUT2D eigenvalue weighted by molar-refractivity contribution is -0.152. The second-order valence-electron chi connectivity index (χ2n) is 5.00. The monoisotopic (exact) mass is 300 g/mol. The Morgan fingerprint density at radius 3 is 2.90 bits per heavy atom. The molecular weight excluding hydrogens is 280 g/mol. The fourth-order valence-corrected chi connectivity index (χ4v) is 3.36. The lowest BCUT2D eigenvalue weighted by Gasteiger charge is -2.32. The van der Waals surface area contributed by atoms with Crippen LogP contribution in [0.25, 0.3) is 0 Å². The van der Waals surface area contributed by atoms with Gasteiger partial charge in [0.1, 0.15) is 6.54 Å². The van der Waals surface area contributed by atoms with E-state index in [-0.39, 0.29) is 30.2 Å². The maximum atomic E-state index is 12.2. The predicted octanol–water partition coefficient (Wildman–Crippen LogP) is 0.321.